The largest absolute Gasteiger partial charge is 0.396 e. The number of halogens is 1. The molecule has 0 unspecified atom stereocenters. The molecule has 2 rings (SSSR count). The molecule has 0 aliphatic carbocycles. The fraction of sp³-hybridized carbons (Fsp3) is 0.364. The molecule has 0 fully saturated rings. The maximum atomic E-state index is 13.0. The molecule has 1 N–H and O–H groups in total. The van der Waals surface area contributed by atoms with Gasteiger partial charge in [0.1, 0.15) is 5.82 Å². The smallest absolute Gasteiger partial charge is 0.125 e. The van der Waals surface area contributed by atoms with Gasteiger partial charge in [-0.3, -0.25) is 0 Å². The molecule has 1 aromatic carbocycles. The Hall–Kier alpha value is -1.42. The Balaban J connectivity index is 2.23. The molecule has 15 heavy (non-hydrogen) atoms. The van der Waals surface area contributed by atoms with E-state index in [9.17, 15) is 4.39 Å². The summed E-state index contributed by atoms with van der Waals surface area (Å²) in [7, 11) is 0. The number of hydrogen-bond donors (Lipinski definition) is 1. The fourth-order valence-corrected chi connectivity index (χ4v) is 1.60. The lowest BCUT2D eigenvalue weighted by Gasteiger charge is -2.02. The number of unbranched alkanes of at least 4 members (excludes halogenated alkanes) is 1. The minimum atomic E-state index is -0.244. The van der Waals surface area contributed by atoms with Crippen molar-refractivity contribution in [2.45, 2.75) is 19.4 Å². The van der Waals surface area contributed by atoms with Gasteiger partial charge >= 0.3 is 0 Å². The van der Waals surface area contributed by atoms with E-state index < -0.39 is 0 Å². The number of rotatable bonds is 4. The van der Waals surface area contributed by atoms with Crippen LogP contribution in [-0.4, -0.2) is 21.3 Å². The van der Waals surface area contributed by atoms with E-state index >= 15 is 0 Å². The minimum absolute atomic E-state index is 0.195. The first kappa shape index (κ1) is 10.1. The number of nitrogens with zero attached hydrogens (tertiary/aromatic N) is 2. The summed E-state index contributed by atoms with van der Waals surface area (Å²) in [4.78, 5) is 4.17. The molecule has 4 heteroatoms. The predicted octanol–water partition coefficient (Wildman–Crippen LogP) is 1.95. The second-order valence-electron chi connectivity index (χ2n) is 3.50. The topological polar surface area (TPSA) is 38.0 Å². The van der Waals surface area contributed by atoms with Gasteiger partial charge in [-0.2, -0.15) is 0 Å². The predicted molar refractivity (Wildman–Crippen MR) is 56.0 cm³/mol. The first-order chi connectivity index (χ1) is 7.31. The van der Waals surface area contributed by atoms with Crippen molar-refractivity contribution in [3.63, 3.8) is 0 Å². The third-order valence-corrected chi connectivity index (χ3v) is 2.39. The van der Waals surface area contributed by atoms with Crippen LogP contribution in [0, 0.1) is 5.82 Å². The summed E-state index contributed by atoms with van der Waals surface area (Å²) in [5.74, 6) is -0.244. The summed E-state index contributed by atoms with van der Waals surface area (Å²) in [6.07, 6.45) is 3.34. The molecule has 1 aromatic heterocycles. The summed E-state index contributed by atoms with van der Waals surface area (Å²) >= 11 is 0. The number of aliphatic hydroxyl groups is 1. The van der Waals surface area contributed by atoms with Crippen molar-refractivity contribution >= 4 is 11.0 Å². The van der Waals surface area contributed by atoms with E-state index in [1.54, 1.807) is 12.4 Å². The first-order valence-electron chi connectivity index (χ1n) is 5.02. The van der Waals surface area contributed by atoms with Crippen molar-refractivity contribution < 1.29 is 9.50 Å². The van der Waals surface area contributed by atoms with E-state index in [0.29, 0.717) is 0 Å². The maximum absolute atomic E-state index is 13.0. The minimum Gasteiger partial charge on any atom is -0.396 e. The van der Waals surface area contributed by atoms with Crippen LogP contribution in [-0.2, 0) is 6.54 Å². The maximum Gasteiger partial charge on any atom is 0.125 e. The Kier molecular flexibility index (Phi) is 2.97. The molecular formula is C11H13FN2O. The lowest BCUT2D eigenvalue weighted by atomic mass is 10.3. The van der Waals surface area contributed by atoms with Gasteiger partial charge in [0, 0.05) is 13.2 Å². The van der Waals surface area contributed by atoms with Gasteiger partial charge in [0.15, 0.2) is 0 Å². The van der Waals surface area contributed by atoms with Crippen LogP contribution in [0.25, 0.3) is 11.0 Å². The Labute approximate surface area is 87.2 Å². The van der Waals surface area contributed by atoms with E-state index in [2.05, 4.69) is 4.98 Å². The highest BCUT2D eigenvalue weighted by Gasteiger charge is 2.02. The highest BCUT2D eigenvalue weighted by molar-refractivity contribution is 5.75. The third kappa shape index (κ3) is 2.15. The average Bonchev–Trinajstić information content (AvgIpc) is 2.62. The van der Waals surface area contributed by atoms with Gasteiger partial charge in [0.25, 0.3) is 0 Å². The second kappa shape index (κ2) is 4.40. The van der Waals surface area contributed by atoms with E-state index in [0.717, 1.165) is 30.4 Å². The summed E-state index contributed by atoms with van der Waals surface area (Å²) in [5.41, 5.74) is 1.62. The van der Waals surface area contributed by atoms with Crippen LogP contribution >= 0.6 is 0 Å². The van der Waals surface area contributed by atoms with Gasteiger partial charge in [-0.1, -0.05) is 0 Å². The first-order valence-corrected chi connectivity index (χ1v) is 5.02. The molecule has 0 saturated heterocycles. The van der Waals surface area contributed by atoms with Crippen molar-refractivity contribution in [1.29, 1.82) is 0 Å². The van der Waals surface area contributed by atoms with Crippen molar-refractivity contribution in [2.75, 3.05) is 6.61 Å². The molecule has 0 aliphatic heterocycles. The zero-order valence-electron chi connectivity index (χ0n) is 8.36. The van der Waals surface area contributed by atoms with E-state index in [1.165, 1.54) is 12.1 Å². The number of aryl methyl sites for hydroxylation is 1. The van der Waals surface area contributed by atoms with E-state index in [-0.39, 0.29) is 12.4 Å². The number of hydrogen-bond acceptors (Lipinski definition) is 2. The van der Waals surface area contributed by atoms with Crippen LogP contribution in [0.4, 0.5) is 4.39 Å². The van der Waals surface area contributed by atoms with Crippen LogP contribution in [0.5, 0.6) is 0 Å². The molecule has 2 aromatic rings. The molecule has 0 atom stereocenters. The van der Waals surface area contributed by atoms with Crippen molar-refractivity contribution in [3.8, 4) is 0 Å². The molecule has 3 nitrogen and oxygen atoms in total. The Morgan fingerprint density at radius 1 is 1.33 bits per heavy atom. The molecule has 0 radical (unpaired) electrons. The number of benzene rings is 1. The summed E-state index contributed by atoms with van der Waals surface area (Å²) in [6.45, 7) is 0.960. The van der Waals surface area contributed by atoms with Gasteiger partial charge < -0.3 is 9.67 Å². The molecule has 0 aliphatic rings. The fourth-order valence-electron chi connectivity index (χ4n) is 1.60. The highest BCUT2D eigenvalue weighted by atomic mass is 19.1. The summed E-state index contributed by atoms with van der Waals surface area (Å²) in [6, 6.07) is 4.57. The van der Waals surface area contributed by atoms with Crippen molar-refractivity contribution in [1.82, 2.24) is 9.55 Å². The van der Waals surface area contributed by atoms with Crippen LogP contribution < -0.4 is 0 Å². The standard InChI is InChI=1S/C11H13FN2O/c12-9-3-4-10-11(7-9)14(8-13-10)5-1-2-6-15/h3-4,7-8,15H,1-2,5-6H2. The molecule has 0 amide bonds. The van der Waals surface area contributed by atoms with E-state index in [1.807, 2.05) is 4.57 Å². The lowest BCUT2D eigenvalue weighted by Crippen LogP contribution is -1.97. The van der Waals surface area contributed by atoms with Crippen molar-refractivity contribution in [3.05, 3.63) is 30.3 Å². The molecule has 80 valence electrons. The average molecular weight is 208 g/mol. The normalized spacial score (nSPS) is 11.1. The van der Waals surface area contributed by atoms with Gasteiger partial charge in [0.05, 0.1) is 17.4 Å². The van der Waals surface area contributed by atoms with Crippen molar-refractivity contribution in [2.24, 2.45) is 0 Å². The van der Waals surface area contributed by atoms with Crippen LogP contribution in [0.15, 0.2) is 24.5 Å². The molecule has 0 saturated carbocycles. The number of imidazole rings is 1. The number of aliphatic hydroxyl groups excluding tert-OH is 1. The van der Waals surface area contributed by atoms with Gasteiger partial charge in [-0.05, 0) is 31.0 Å². The number of aromatic nitrogens is 2. The second-order valence-corrected chi connectivity index (χ2v) is 3.50. The van der Waals surface area contributed by atoms with Crippen LogP contribution in [0.2, 0.25) is 0 Å². The van der Waals surface area contributed by atoms with Crippen LogP contribution in [0.3, 0.4) is 0 Å². The Morgan fingerprint density at radius 3 is 3.00 bits per heavy atom. The van der Waals surface area contributed by atoms with E-state index in [4.69, 9.17) is 5.11 Å². The lowest BCUT2D eigenvalue weighted by molar-refractivity contribution is 0.281. The monoisotopic (exact) mass is 208 g/mol. The van der Waals surface area contributed by atoms with Gasteiger partial charge in [0.2, 0.25) is 0 Å². The summed E-state index contributed by atoms with van der Waals surface area (Å²) < 4.78 is 14.9. The quantitative estimate of drug-likeness (QED) is 0.780. The van der Waals surface area contributed by atoms with Gasteiger partial charge in [-0.15, -0.1) is 0 Å². The molecule has 1 heterocycles. The Bertz CT molecular complexity index is 453. The number of fused-ring (bicyclic) bond motifs is 1. The van der Waals surface area contributed by atoms with Crippen LogP contribution in [0.1, 0.15) is 12.8 Å². The highest BCUT2D eigenvalue weighted by Crippen LogP contribution is 2.14. The zero-order valence-corrected chi connectivity index (χ0v) is 8.36. The Morgan fingerprint density at radius 2 is 2.20 bits per heavy atom. The zero-order chi connectivity index (χ0) is 10.7. The SMILES string of the molecule is OCCCCn1cnc2ccc(F)cc21. The third-order valence-electron chi connectivity index (χ3n) is 2.39. The molecule has 0 bridgehead atoms. The summed E-state index contributed by atoms with van der Waals surface area (Å²) in [5, 5.41) is 8.67. The molecular weight excluding hydrogens is 195 g/mol. The van der Waals surface area contributed by atoms with Gasteiger partial charge in [-0.25, -0.2) is 9.37 Å². The molecule has 0 spiro atoms.